The molecule has 3 rings (SSSR count). The summed E-state index contributed by atoms with van der Waals surface area (Å²) in [5.41, 5.74) is 0.884. The third-order valence-electron chi connectivity index (χ3n) is 6.68. The van der Waals surface area contributed by atoms with Crippen molar-refractivity contribution in [3.8, 4) is 5.75 Å². The van der Waals surface area contributed by atoms with Crippen molar-refractivity contribution in [3.63, 3.8) is 0 Å². The first-order chi connectivity index (χ1) is 19.5. The first-order valence-corrected chi connectivity index (χ1v) is 15.5. The minimum atomic E-state index is -4.21. The number of carbonyl (C=O) groups excluding carboxylic acids is 2. The van der Waals surface area contributed by atoms with E-state index in [-0.39, 0.29) is 39.1 Å². The molecule has 3 aromatic carbocycles. The van der Waals surface area contributed by atoms with E-state index in [2.05, 4.69) is 5.32 Å². The second-order valence-corrected chi connectivity index (χ2v) is 12.2. The van der Waals surface area contributed by atoms with Crippen molar-refractivity contribution in [2.75, 3.05) is 18.0 Å². The lowest BCUT2D eigenvalue weighted by molar-refractivity contribution is -0.140. The highest BCUT2D eigenvalue weighted by Crippen LogP contribution is 2.31. The van der Waals surface area contributed by atoms with Crippen LogP contribution in [0.1, 0.15) is 39.2 Å². The highest BCUT2D eigenvalue weighted by molar-refractivity contribution is 7.92. The topological polar surface area (TPSA) is 96.0 Å². The van der Waals surface area contributed by atoms with E-state index in [1.54, 1.807) is 43.5 Å². The molecule has 0 heterocycles. The third-order valence-corrected chi connectivity index (χ3v) is 9.20. The molecule has 1 N–H and O–H groups in total. The molecule has 0 bridgehead atoms. The zero-order valence-corrected chi connectivity index (χ0v) is 25.8. The second kappa shape index (κ2) is 14.6. The van der Waals surface area contributed by atoms with Crippen LogP contribution in [0.5, 0.6) is 5.75 Å². The van der Waals surface area contributed by atoms with E-state index in [9.17, 15) is 18.0 Å². The quantitative estimate of drug-likeness (QED) is 0.256. The van der Waals surface area contributed by atoms with Crippen LogP contribution in [0.2, 0.25) is 10.0 Å². The Hall–Kier alpha value is -3.27. The Kier molecular flexibility index (Phi) is 11.5. The van der Waals surface area contributed by atoms with Crippen molar-refractivity contribution in [1.82, 2.24) is 10.2 Å². The van der Waals surface area contributed by atoms with Gasteiger partial charge in [-0.1, -0.05) is 67.4 Å². The van der Waals surface area contributed by atoms with Gasteiger partial charge in [0.2, 0.25) is 11.8 Å². The molecule has 0 aliphatic rings. The Morgan fingerprint density at radius 2 is 1.63 bits per heavy atom. The van der Waals surface area contributed by atoms with Crippen LogP contribution in [-0.2, 0) is 26.2 Å². The van der Waals surface area contributed by atoms with Crippen molar-refractivity contribution >= 4 is 50.7 Å². The minimum absolute atomic E-state index is 0.000210. The number of hydrogen-bond acceptors (Lipinski definition) is 5. The molecule has 3 aromatic rings. The molecule has 0 aliphatic carbocycles. The first kappa shape index (κ1) is 32.2. The molecule has 0 aromatic heterocycles. The predicted molar refractivity (Wildman–Crippen MR) is 163 cm³/mol. The molecule has 2 atom stereocenters. The predicted octanol–water partition coefficient (Wildman–Crippen LogP) is 5.92. The largest absolute Gasteiger partial charge is 0.497 e. The summed E-state index contributed by atoms with van der Waals surface area (Å²) in [6.07, 6.45) is 1.03. The average Bonchev–Trinajstić information content (AvgIpc) is 2.97. The molecule has 0 aliphatic heterocycles. The van der Waals surface area contributed by atoms with E-state index < -0.39 is 28.5 Å². The molecule has 2 unspecified atom stereocenters. The number of anilines is 1. The fourth-order valence-corrected chi connectivity index (χ4v) is 5.94. The maximum atomic E-state index is 14.1. The van der Waals surface area contributed by atoms with Crippen LogP contribution < -0.4 is 14.4 Å². The number of ether oxygens (including phenoxy) is 1. The summed E-state index contributed by atoms with van der Waals surface area (Å²) in [5, 5.41) is 3.34. The van der Waals surface area contributed by atoms with E-state index in [1.807, 2.05) is 26.8 Å². The minimum Gasteiger partial charge on any atom is -0.497 e. The van der Waals surface area contributed by atoms with Crippen LogP contribution in [0, 0.1) is 0 Å². The smallest absolute Gasteiger partial charge is 0.264 e. The normalized spacial score (nSPS) is 12.7. The van der Waals surface area contributed by atoms with Gasteiger partial charge in [0.25, 0.3) is 10.0 Å². The number of nitrogens with zero attached hydrogens (tertiary/aromatic N) is 2. The second-order valence-electron chi connectivity index (χ2n) is 9.54. The number of rotatable bonds is 13. The number of halogens is 2. The summed E-state index contributed by atoms with van der Waals surface area (Å²) >= 11 is 12.4. The summed E-state index contributed by atoms with van der Waals surface area (Å²) in [5.74, 6) is -0.286. The van der Waals surface area contributed by atoms with Crippen molar-refractivity contribution in [2.45, 2.75) is 57.1 Å². The zero-order chi connectivity index (χ0) is 30.2. The van der Waals surface area contributed by atoms with Crippen LogP contribution in [-0.4, -0.2) is 50.9 Å². The molecule has 11 heteroatoms. The highest BCUT2D eigenvalue weighted by atomic mass is 35.5. The number of nitrogens with one attached hydrogen (secondary N) is 1. The first-order valence-electron chi connectivity index (χ1n) is 13.3. The standard InChI is InChI=1S/C30H35Cl2N3O5S/c1-5-21(3)33-30(37)28(6-2)34(19-22-11-10-12-24(17-22)40-4)29(36)20-35(23-15-16-26(31)27(32)18-23)41(38,39)25-13-8-7-9-14-25/h7-18,21,28H,5-6,19-20H2,1-4H3,(H,33,37). The van der Waals surface area contributed by atoms with Gasteiger partial charge in [-0.2, -0.15) is 0 Å². The monoisotopic (exact) mass is 619 g/mol. The Balaban J connectivity index is 2.08. The fourth-order valence-electron chi connectivity index (χ4n) is 4.22. The summed E-state index contributed by atoms with van der Waals surface area (Å²) in [4.78, 5) is 28.9. The van der Waals surface area contributed by atoms with E-state index in [0.717, 1.165) is 9.87 Å². The zero-order valence-electron chi connectivity index (χ0n) is 23.5. The SMILES string of the molecule is CCC(C)NC(=O)C(CC)N(Cc1cccc(OC)c1)C(=O)CN(c1ccc(Cl)c(Cl)c1)S(=O)(=O)c1ccccc1. The molecule has 41 heavy (non-hydrogen) atoms. The molecule has 0 fully saturated rings. The lowest BCUT2D eigenvalue weighted by Crippen LogP contribution is -2.53. The van der Waals surface area contributed by atoms with Gasteiger partial charge in [-0.15, -0.1) is 0 Å². The van der Waals surface area contributed by atoms with Crippen LogP contribution in [0.25, 0.3) is 0 Å². The molecule has 0 spiro atoms. The average molecular weight is 621 g/mol. The van der Waals surface area contributed by atoms with Crippen molar-refractivity contribution in [1.29, 1.82) is 0 Å². The number of sulfonamides is 1. The van der Waals surface area contributed by atoms with E-state index in [1.165, 1.54) is 35.2 Å². The van der Waals surface area contributed by atoms with Gasteiger partial charge >= 0.3 is 0 Å². The van der Waals surface area contributed by atoms with Gasteiger partial charge in [0.1, 0.15) is 18.3 Å². The number of carbonyl (C=O) groups is 2. The number of amides is 2. The van der Waals surface area contributed by atoms with Crippen LogP contribution in [0.3, 0.4) is 0 Å². The molecular weight excluding hydrogens is 585 g/mol. The Labute approximate surface area is 252 Å². The van der Waals surface area contributed by atoms with Crippen molar-refractivity contribution < 1.29 is 22.7 Å². The van der Waals surface area contributed by atoms with Gasteiger partial charge in [-0.3, -0.25) is 13.9 Å². The van der Waals surface area contributed by atoms with Gasteiger partial charge in [-0.25, -0.2) is 8.42 Å². The number of hydrogen-bond donors (Lipinski definition) is 1. The lowest BCUT2D eigenvalue weighted by Gasteiger charge is -2.33. The van der Waals surface area contributed by atoms with Gasteiger partial charge in [0.05, 0.1) is 27.7 Å². The molecule has 0 saturated carbocycles. The van der Waals surface area contributed by atoms with Crippen molar-refractivity contribution in [2.24, 2.45) is 0 Å². The van der Waals surface area contributed by atoms with Crippen LogP contribution >= 0.6 is 23.2 Å². The van der Waals surface area contributed by atoms with E-state index >= 15 is 0 Å². The molecule has 8 nitrogen and oxygen atoms in total. The fraction of sp³-hybridized carbons (Fsp3) is 0.333. The Bertz CT molecular complexity index is 1450. The van der Waals surface area contributed by atoms with Gasteiger partial charge < -0.3 is 15.0 Å². The number of methoxy groups -OCH3 is 1. The molecular formula is C30H35Cl2N3O5S. The van der Waals surface area contributed by atoms with Gasteiger partial charge in [0, 0.05) is 12.6 Å². The summed E-state index contributed by atoms with van der Waals surface area (Å²) in [7, 11) is -2.67. The highest BCUT2D eigenvalue weighted by Gasteiger charge is 2.34. The maximum absolute atomic E-state index is 14.1. The van der Waals surface area contributed by atoms with Crippen LogP contribution in [0.4, 0.5) is 5.69 Å². The Morgan fingerprint density at radius 3 is 2.24 bits per heavy atom. The third kappa shape index (κ3) is 8.15. The summed E-state index contributed by atoms with van der Waals surface area (Å²) in [6, 6.07) is 18.4. The molecule has 2 amide bonds. The number of benzene rings is 3. The molecule has 0 radical (unpaired) electrons. The molecule has 220 valence electrons. The van der Waals surface area contributed by atoms with Crippen molar-refractivity contribution in [3.05, 3.63) is 88.4 Å². The summed E-state index contributed by atoms with van der Waals surface area (Å²) < 4.78 is 34.1. The van der Waals surface area contributed by atoms with E-state index in [0.29, 0.717) is 18.6 Å². The maximum Gasteiger partial charge on any atom is 0.264 e. The van der Waals surface area contributed by atoms with Gasteiger partial charge in [-0.05, 0) is 67.8 Å². The molecule has 0 saturated heterocycles. The van der Waals surface area contributed by atoms with Gasteiger partial charge in [0.15, 0.2) is 0 Å². The van der Waals surface area contributed by atoms with E-state index in [4.69, 9.17) is 27.9 Å². The Morgan fingerprint density at radius 1 is 0.927 bits per heavy atom. The lowest BCUT2D eigenvalue weighted by atomic mass is 10.1. The van der Waals surface area contributed by atoms with Crippen LogP contribution in [0.15, 0.2) is 77.7 Å². The summed E-state index contributed by atoms with van der Waals surface area (Å²) in [6.45, 7) is 5.13.